The maximum atomic E-state index is 15.0. The highest BCUT2D eigenvalue weighted by Crippen LogP contribution is 2.50. The van der Waals surface area contributed by atoms with Crippen molar-refractivity contribution in [1.82, 2.24) is 26.2 Å². The van der Waals surface area contributed by atoms with Crippen molar-refractivity contribution in [3.63, 3.8) is 0 Å². The molecule has 0 aromatic heterocycles. The molecule has 18 nitrogen and oxygen atoms in total. The number of ether oxygens (including phenoxy) is 4. The van der Waals surface area contributed by atoms with Crippen molar-refractivity contribution in [2.75, 3.05) is 26.7 Å². The molecule has 9 rings (SSSR count). The molecular formula is C57H75IN6O12. The molecule has 2 amide bonds. The van der Waals surface area contributed by atoms with E-state index in [1.807, 2.05) is 12.2 Å². The van der Waals surface area contributed by atoms with Crippen LogP contribution in [0.4, 0.5) is 0 Å². The first kappa shape index (κ1) is 57.0. The fourth-order valence-corrected chi connectivity index (χ4v) is 12.3. The van der Waals surface area contributed by atoms with Gasteiger partial charge in [-0.3, -0.25) is 29.0 Å². The van der Waals surface area contributed by atoms with E-state index in [1.54, 1.807) is 52.8 Å². The molecule has 19 heteroatoms. The van der Waals surface area contributed by atoms with E-state index in [0.29, 0.717) is 35.9 Å². The number of phenols is 1. The molecule has 412 valence electrons. The average Bonchev–Trinajstić information content (AvgIpc) is 4.11. The maximum absolute atomic E-state index is 15.0. The van der Waals surface area contributed by atoms with Crippen LogP contribution < -0.4 is 26.0 Å². The summed E-state index contributed by atoms with van der Waals surface area (Å²) < 4.78 is 25.1. The summed E-state index contributed by atoms with van der Waals surface area (Å²) in [7, 11) is 1.44. The van der Waals surface area contributed by atoms with E-state index in [-0.39, 0.29) is 62.8 Å². The van der Waals surface area contributed by atoms with Crippen LogP contribution in [0.2, 0.25) is 0 Å². The van der Waals surface area contributed by atoms with Gasteiger partial charge >= 0.3 is 11.8 Å². The molecular weight excluding hydrogens is 1090 g/mol. The van der Waals surface area contributed by atoms with E-state index < -0.39 is 101 Å². The zero-order valence-corrected chi connectivity index (χ0v) is 47.1. The number of nitrogens with zero attached hydrogens (tertiary/aromatic N) is 2. The molecule has 0 radical (unpaired) electrons. The van der Waals surface area contributed by atoms with Gasteiger partial charge < -0.3 is 60.4 Å². The number of ketones is 2. The molecule has 1 saturated heterocycles. The lowest BCUT2D eigenvalue weighted by molar-refractivity contribution is -0.164. The second-order valence-electron chi connectivity index (χ2n) is 22.0. The molecule has 1 aromatic rings. The van der Waals surface area contributed by atoms with E-state index in [1.165, 1.54) is 33.3 Å². The van der Waals surface area contributed by atoms with Gasteiger partial charge in [0.15, 0.2) is 0 Å². The first-order valence-electron chi connectivity index (χ1n) is 26.7. The summed E-state index contributed by atoms with van der Waals surface area (Å²) in [5, 5.41) is 48.5. The van der Waals surface area contributed by atoms with Gasteiger partial charge in [0.25, 0.3) is 11.7 Å². The Hall–Kier alpha value is -5.19. The minimum atomic E-state index is -2.03. The number of carbonyl (C=O) groups is 5. The van der Waals surface area contributed by atoms with Crippen molar-refractivity contribution in [2.24, 2.45) is 28.7 Å². The lowest BCUT2D eigenvalue weighted by atomic mass is 9.78. The predicted octanol–water partition coefficient (Wildman–Crippen LogP) is 5.67. The van der Waals surface area contributed by atoms with Crippen molar-refractivity contribution >= 4 is 57.7 Å². The topological polar surface area (TPSA) is 247 Å². The fraction of sp³-hybridized carbons (Fsp3) is 0.579. The number of hydrogen-bond donors (Lipinski definition) is 7. The number of aliphatic hydroxyl groups is 2. The number of likely N-dealkylation sites (tertiary alicyclic amines) is 1. The number of halogens is 1. The Bertz CT molecular complexity index is 2670. The van der Waals surface area contributed by atoms with Crippen molar-refractivity contribution in [3.8, 4) is 11.5 Å². The standard InChI is InChI=1S/C57H75IN6O12/c1-29-13-12-14-30(2)55(72)61-47-46-45(62-57(63-46)22-24-64(25-23-57)28-31(3)58)42-43(51(47)70)50(69)35(7)53-44(42)54(71)56(8,76-53)74-26-21-39(73-9)32(4)52(34(6)49(68)33(5)48(29)67)75-41(66)27-40(65)60-38-19-17-37(18-20-38)59-36-15-10-11-16-36/h10-16,21,26,29,31-34,36-39,48-49,52,59,63,67-69H,17-20,22-25,27-28H2,1-9H3,(H,60,65)(H,61,72)/b13-12+,26-21+,30-14-/t29-,31?,32+,33+,34+,37?,38?,39-,48-,49+,52+,56-/m0/s1. The zero-order valence-electron chi connectivity index (χ0n) is 45.0. The number of phenolic OH excluding ortho intramolecular Hbond substituents is 1. The zero-order chi connectivity index (χ0) is 55.0. The van der Waals surface area contributed by atoms with Gasteiger partial charge in [0.05, 0.1) is 47.1 Å². The van der Waals surface area contributed by atoms with Crippen LogP contribution in [0.15, 0.2) is 76.8 Å². The van der Waals surface area contributed by atoms with Gasteiger partial charge in [0.2, 0.25) is 11.7 Å². The van der Waals surface area contributed by atoms with E-state index >= 15 is 0 Å². The molecule has 1 spiro atoms. The van der Waals surface area contributed by atoms with Gasteiger partial charge in [-0.1, -0.05) is 99.7 Å². The third-order valence-corrected chi connectivity index (χ3v) is 16.8. The van der Waals surface area contributed by atoms with Crippen molar-refractivity contribution in [3.05, 3.63) is 94.1 Å². The number of benzene rings is 1. The first-order chi connectivity index (χ1) is 36.0. The number of aliphatic hydroxyl groups excluding tert-OH is 2. The average molecular weight is 1160 g/mol. The molecule has 7 N–H and O–H groups in total. The Kier molecular flexibility index (Phi) is 17.6. The molecule has 5 heterocycles. The first-order valence-corrected chi connectivity index (χ1v) is 28.0. The number of Topliss-reactive ketones (excluding diaryl/α,β-unsaturated/α-hetero) is 2. The lowest BCUT2D eigenvalue weighted by Crippen LogP contribution is -2.51. The number of amides is 2. The van der Waals surface area contributed by atoms with Crippen molar-refractivity contribution in [1.29, 1.82) is 0 Å². The number of piperidine rings is 1. The number of alkyl halides is 1. The number of rotatable bonds is 9. The van der Waals surface area contributed by atoms with Crippen LogP contribution in [0.1, 0.15) is 125 Å². The summed E-state index contributed by atoms with van der Waals surface area (Å²) in [6, 6.07) is 0.417. The van der Waals surface area contributed by atoms with Gasteiger partial charge in [0, 0.05) is 109 Å². The monoisotopic (exact) mass is 1160 g/mol. The SMILES string of the molecule is CO[C@H]1/C=C/O[C@@]2(C)Oc3c(C)c(O)c4c(c3C2=O)C2=NC3(CCN(CC(C)I)CC3)NC2=C(NC(=O)/C(C)=C\C=C\[C@H](C)[C@H](O)[C@@H](C)[C@@H](O)[C@@H](C)[C@H](OC(=O)CC(=O)NC2CCC(NC3C=CC=C3)CC2)[C@@H]1C)C4=O. The number of aromatic hydroxyl groups is 1. The number of aliphatic imine (C=N–C) groups is 1. The van der Waals surface area contributed by atoms with Gasteiger partial charge in [0.1, 0.15) is 35.4 Å². The molecule has 1 unspecified atom stereocenters. The summed E-state index contributed by atoms with van der Waals surface area (Å²) in [5.41, 5.74) is -0.411. The molecule has 1 saturated carbocycles. The van der Waals surface area contributed by atoms with Gasteiger partial charge in [-0.15, -0.1) is 0 Å². The Morgan fingerprint density at radius 2 is 1.58 bits per heavy atom. The number of nitrogens with one attached hydrogen (secondary N) is 4. The van der Waals surface area contributed by atoms with Crippen LogP contribution >= 0.6 is 22.6 Å². The van der Waals surface area contributed by atoms with Crippen LogP contribution in [0, 0.1) is 30.6 Å². The van der Waals surface area contributed by atoms with Crippen LogP contribution in [0.25, 0.3) is 0 Å². The second-order valence-corrected chi connectivity index (χ2v) is 24.2. The van der Waals surface area contributed by atoms with Gasteiger partial charge in [-0.25, -0.2) is 0 Å². The number of allylic oxidation sites excluding steroid dienone is 6. The third-order valence-electron chi connectivity index (χ3n) is 16.4. The quantitative estimate of drug-likeness (QED) is 0.0682. The summed E-state index contributed by atoms with van der Waals surface area (Å²) in [6.07, 6.45) is 15.3. The molecule has 5 aliphatic heterocycles. The molecule has 10 atom stereocenters. The minimum absolute atomic E-state index is 0.00252. The Labute approximate surface area is 459 Å². The maximum Gasteiger partial charge on any atom is 0.315 e. The minimum Gasteiger partial charge on any atom is -0.507 e. The van der Waals surface area contributed by atoms with Crippen LogP contribution in [0.5, 0.6) is 11.5 Å². The van der Waals surface area contributed by atoms with Crippen LogP contribution in [0.3, 0.4) is 0 Å². The normalized spacial score (nSPS) is 33.8. The summed E-state index contributed by atoms with van der Waals surface area (Å²) in [4.78, 5) is 78.7. The van der Waals surface area contributed by atoms with Crippen molar-refractivity contribution in [2.45, 2.75) is 158 Å². The van der Waals surface area contributed by atoms with Crippen LogP contribution in [-0.4, -0.2) is 140 Å². The lowest BCUT2D eigenvalue weighted by Gasteiger charge is -2.38. The van der Waals surface area contributed by atoms with Crippen LogP contribution in [-0.2, 0) is 28.6 Å². The highest BCUT2D eigenvalue weighted by atomic mass is 127. The Morgan fingerprint density at radius 1 is 0.908 bits per heavy atom. The number of esters is 1. The summed E-state index contributed by atoms with van der Waals surface area (Å²) in [5.74, 6) is -8.64. The third kappa shape index (κ3) is 11.8. The number of fused-ring (bicyclic) bond motifs is 13. The van der Waals surface area contributed by atoms with Crippen molar-refractivity contribution < 1.29 is 58.2 Å². The Morgan fingerprint density at radius 3 is 2.24 bits per heavy atom. The Balaban J connectivity index is 1.10. The van der Waals surface area contributed by atoms with E-state index in [2.05, 4.69) is 67.8 Å². The molecule has 8 aliphatic rings. The number of hydrogen-bond acceptors (Lipinski definition) is 16. The second kappa shape index (κ2) is 23.4. The molecule has 2 fully saturated rings. The predicted molar refractivity (Wildman–Crippen MR) is 294 cm³/mol. The molecule has 3 aliphatic carbocycles. The van der Waals surface area contributed by atoms with E-state index in [4.69, 9.17) is 23.9 Å². The molecule has 5 bridgehead atoms. The van der Waals surface area contributed by atoms with Gasteiger partial charge in [-0.05, 0) is 45.6 Å². The number of methoxy groups -OCH3 is 1. The van der Waals surface area contributed by atoms with E-state index in [9.17, 15) is 39.3 Å². The van der Waals surface area contributed by atoms with Gasteiger partial charge in [-0.2, -0.15) is 0 Å². The highest BCUT2D eigenvalue weighted by Gasteiger charge is 2.54. The molecule has 1 aromatic carbocycles. The van der Waals surface area contributed by atoms with E-state index in [0.717, 1.165) is 32.2 Å². The highest BCUT2D eigenvalue weighted by molar-refractivity contribution is 14.1. The number of carbonyl (C=O) groups excluding carboxylic acids is 5. The summed E-state index contributed by atoms with van der Waals surface area (Å²) >= 11 is 2.40. The largest absolute Gasteiger partial charge is 0.507 e. The summed E-state index contributed by atoms with van der Waals surface area (Å²) in [6.45, 7) is 15.8. The fourth-order valence-electron chi connectivity index (χ4n) is 11.7. The smallest absolute Gasteiger partial charge is 0.315 e. The molecule has 76 heavy (non-hydrogen) atoms.